The van der Waals surface area contributed by atoms with Gasteiger partial charge in [-0.1, -0.05) is 42.5 Å². The topological polar surface area (TPSA) is 52.6 Å². The van der Waals surface area contributed by atoms with Gasteiger partial charge in [-0.2, -0.15) is 0 Å². The molecule has 0 aliphatic carbocycles. The number of carbonyl (C=O) groups excluding carboxylic acids is 2. The van der Waals surface area contributed by atoms with Gasteiger partial charge in [-0.05, 0) is 23.8 Å². The van der Waals surface area contributed by atoms with Crippen LogP contribution in [0, 0.1) is 0 Å². The Balaban J connectivity index is 2.39. The van der Waals surface area contributed by atoms with E-state index in [1.165, 1.54) is 13.8 Å². The molecule has 0 N–H and O–H groups in total. The van der Waals surface area contributed by atoms with Gasteiger partial charge in [0.05, 0.1) is 0 Å². The van der Waals surface area contributed by atoms with Gasteiger partial charge >= 0.3 is 11.9 Å². The molecule has 4 nitrogen and oxygen atoms in total. The first-order valence-corrected chi connectivity index (χ1v) is 6.78. The van der Waals surface area contributed by atoms with Gasteiger partial charge in [0.1, 0.15) is 11.5 Å². The zero-order chi connectivity index (χ0) is 15.9. The van der Waals surface area contributed by atoms with Crippen molar-refractivity contribution in [2.45, 2.75) is 13.8 Å². The first-order valence-electron chi connectivity index (χ1n) is 6.78. The average molecular weight is 296 g/mol. The van der Waals surface area contributed by atoms with E-state index in [1.807, 2.05) is 30.3 Å². The molecule has 0 heterocycles. The van der Waals surface area contributed by atoms with Crippen LogP contribution in [0.2, 0.25) is 0 Å². The van der Waals surface area contributed by atoms with Gasteiger partial charge in [-0.15, -0.1) is 0 Å². The molecule has 0 spiro atoms. The maximum Gasteiger partial charge on any atom is 0.308 e. The van der Waals surface area contributed by atoms with Crippen molar-refractivity contribution in [1.82, 2.24) is 0 Å². The molecule has 0 bridgehead atoms. The highest BCUT2D eigenvalue weighted by Crippen LogP contribution is 2.24. The third-order valence-electron chi connectivity index (χ3n) is 2.73. The number of esters is 2. The Labute approximate surface area is 129 Å². The summed E-state index contributed by atoms with van der Waals surface area (Å²) in [5, 5.41) is 0. The second kappa shape index (κ2) is 7.22. The van der Waals surface area contributed by atoms with E-state index >= 15 is 0 Å². The Bertz CT molecular complexity index is 702. The lowest BCUT2D eigenvalue weighted by molar-refractivity contribution is -0.134. The molecule has 2 aromatic carbocycles. The van der Waals surface area contributed by atoms with Crippen LogP contribution in [0.5, 0.6) is 5.75 Å². The first kappa shape index (κ1) is 15.5. The van der Waals surface area contributed by atoms with Gasteiger partial charge in [0, 0.05) is 19.4 Å². The molecule has 0 saturated heterocycles. The number of carbonyl (C=O) groups is 2. The summed E-state index contributed by atoms with van der Waals surface area (Å²) in [5.41, 5.74) is 1.55. The predicted molar refractivity (Wildman–Crippen MR) is 83.8 cm³/mol. The molecule has 22 heavy (non-hydrogen) atoms. The molecule has 0 atom stereocenters. The van der Waals surface area contributed by atoms with E-state index in [0.717, 1.165) is 5.56 Å². The Hall–Kier alpha value is -2.88. The summed E-state index contributed by atoms with van der Waals surface area (Å²) in [6.45, 7) is 2.67. The van der Waals surface area contributed by atoms with Crippen LogP contribution < -0.4 is 4.74 Å². The van der Waals surface area contributed by atoms with E-state index in [-0.39, 0.29) is 0 Å². The standard InChI is InChI=1S/C18H16O4/c1-13(19)21-17-10-6-9-16(12-17)18(22-14(2)20)11-15-7-4-3-5-8-15/h3-12H,1-2H3/b18-11+. The van der Waals surface area contributed by atoms with E-state index in [2.05, 4.69) is 0 Å². The zero-order valence-corrected chi connectivity index (χ0v) is 12.4. The lowest BCUT2D eigenvalue weighted by Crippen LogP contribution is -2.02. The number of benzene rings is 2. The van der Waals surface area contributed by atoms with E-state index in [9.17, 15) is 9.59 Å². The van der Waals surface area contributed by atoms with Crippen molar-refractivity contribution in [1.29, 1.82) is 0 Å². The van der Waals surface area contributed by atoms with Crippen LogP contribution in [0.25, 0.3) is 11.8 Å². The van der Waals surface area contributed by atoms with Gasteiger partial charge in [0.2, 0.25) is 0 Å². The minimum absolute atomic E-state index is 0.396. The monoisotopic (exact) mass is 296 g/mol. The van der Waals surface area contributed by atoms with Crippen molar-refractivity contribution < 1.29 is 19.1 Å². The fraction of sp³-hybridized carbons (Fsp3) is 0.111. The lowest BCUT2D eigenvalue weighted by Gasteiger charge is -2.09. The predicted octanol–water partition coefficient (Wildman–Crippen LogP) is 3.67. The average Bonchev–Trinajstić information content (AvgIpc) is 2.47. The number of hydrogen-bond acceptors (Lipinski definition) is 4. The largest absolute Gasteiger partial charge is 0.427 e. The first-order chi connectivity index (χ1) is 10.5. The summed E-state index contributed by atoms with van der Waals surface area (Å²) in [4.78, 5) is 22.4. The van der Waals surface area contributed by atoms with Gasteiger partial charge in [0.15, 0.2) is 0 Å². The minimum atomic E-state index is -0.417. The summed E-state index contributed by atoms with van der Waals surface area (Å²) in [6, 6.07) is 16.3. The minimum Gasteiger partial charge on any atom is -0.427 e. The maximum absolute atomic E-state index is 11.3. The van der Waals surface area contributed by atoms with Crippen molar-refractivity contribution in [3.05, 3.63) is 65.7 Å². The molecular weight excluding hydrogens is 280 g/mol. The molecule has 4 heteroatoms. The molecular formula is C18H16O4. The Morgan fingerprint density at radius 3 is 2.27 bits per heavy atom. The molecule has 0 aliphatic rings. The summed E-state index contributed by atoms with van der Waals surface area (Å²) in [6.07, 6.45) is 1.76. The van der Waals surface area contributed by atoms with Gasteiger partial charge in [0.25, 0.3) is 0 Å². The second-order valence-electron chi connectivity index (χ2n) is 4.63. The lowest BCUT2D eigenvalue weighted by atomic mass is 10.1. The third-order valence-corrected chi connectivity index (χ3v) is 2.73. The Kier molecular flexibility index (Phi) is 5.09. The van der Waals surface area contributed by atoms with E-state index < -0.39 is 11.9 Å². The summed E-state index contributed by atoms with van der Waals surface area (Å²) in [7, 11) is 0. The summed E-state index contributed by atoms with van der Waals surface area (Å²) in [5.74, 6) is -0.0258. The summed E-state index contributed by atoms with van der Waals surface area (Å²) < 4.78 is 10.3. The zero-order valence-electron chi connectivity index (χ0n) is 12.4. The normalized spacial score (nSPS) is 10.9. The second-order valence-corrected chi connectivity index (χ2v) is 4.63. The molecule has 0 saturated carbocycles. The molecule has 0 amide bonds. The van der Waals surface area contributed by atoms with Crippen molar-refractivity contribution in [3.63, 3.8) is 0 Å². The van der Waals surface area contributed by atoms with Crippen LogP contribution in [0.15, 0.2) is 54.6 Å². The van der Waals surface area contributed by atoms with Crippen LogP contribution in [-0.4, -0.2) is 11.9 Å². The number of hydrogen-bond donors (Lipinski definition) is 0. The SMILES string of the molecule is CC(=O)O/C(=C/c1ccccc1)c1cccc(OC(C)=O)c1. The molecule has 0 unspecified atom stereocenters. The fourth-order valence-corrected chi connectivity index (χ4v) is 1.91. The van der Waals surface area contributed by atoms with Crippen LogP contribution in [0.1, 0.15) is 25.0 Å². The molecule has 0 aliphatic heterocycles. The number of rotatable bonds is 4. The molecule has 2 aromatic rings. The quantitative estimate of drug-likeness (QED) is 0.374. The molecule has 112 valence electrons. The Morgan fingerprint density at radius 1 is 0.909 bits per heavy atom. The van der Waals surface area contributed by atoms with Crippen LogP contribution in [-0.2, 0) is 14.3 Å². The molecule has 0 radical (unpaired) electrons. The Morgan fingerprint density at radius 2 is 1.64 bits per heavy atom. The summed E-state index contributed by atoms with van der Waals surface area (Å²) >= 11 is 0. The highest BCUT2D eigenvalue weighted by Gasteiger charge is 2.09. The highest BCUT2D eigenvalue weighted by atomic mass is 16.5. The van der Waals surface area contributed by atoms with Crippen LogP contribution in [0.3, 0.4) is 0 Å². The number of ether oxygens (including phenoxy) is 2. The fourth-order valence-electron chi connectivity index (χ4n) is 1.91. The van der Waals surface area contributed by atoms with Gasteiger partial charge < -0.3 is 9.47 Å². The van der Waals surface area contributed by atoms with E-state index in [4.69, 9.17) is 9.47 Å². The van der Waals surface area contributed by atoms with Crippen molar-refractivity contribution in [3.8, 4) is 5.75 Å². The third kappa shape index (κ3) is 4.59. The maximum atomic E-state index is 11.3. The molecule has 0 aromatic heterocycles. The molecule has 0 fully saturated rings. The van der Waals surface area contributed by atoms with Crippen molar-refractivity contribution in [2.24, 2.45) is 0 Å². The van der Waals surface area contributed by atoms with Crippen molar-refractivity contribution in [2.75, 3.05) is 0 Å². The van der Waals surface area contributed by atoms with E-state index in [0.29, 0.717) is 17.1 Å². The smallest absolute Gasteiger partial charge is 0.308 e. The van der Waals surface area contributed by atoms with Crippen molar-refractivity contribution >= 4 is 23.8 Å². The van der Waals surface area contributed by atoms with Crippen LogP contribution in [0.4, 0.5) is 0 Å². The van der Waals surface area contributed by atoms with Gasteiger partial charge in [-0.3, -0.25) is 9.59 Å². The van der Waals surface area contributed by atoms with Crippen LogP contribution >= 0.6 is 0 Å². The van der Waals surface area contributed by atoms with E-state index in [1.54, 1.807) is 30.3 Å². The molecule has 2 rings (SSSR count). The highest BCUT2D eigenvalue weighted by molar-refractivity contribution is 5.84. The van der Waals surface area contributed by atoms with Gasteiger partial charge in [-0.25, -0.2) is 0 Å².